The van der Waals surface area contributed by atoms with E-state index >= 15 is 0 Å². The lowest BCUT2D eigenvalue weighted by molar-refractivity contribution is 0.141. The average Bonchev–Trinajstić information content (AvgIpc) is 2.46. The van der Waals surface area contributed by atoms with Gasteiger partial charge in [0.05, 0.1) is 18.9 Å². The van der Waals surface area contributed by atoms with E-state index in [0.29, 0.717) is 13.2 Å². The summed E-state index contributed by atoms with van der Waals surface area (Å²) in [5, 5.41) is 0. The van der Waals surface area contributed by atoms with Crippen LogP contribution in [-0.2, 0) is 9.47 Å². The Morgan fingerprint density at radius 1 is 1.14 bits per heavy atom. The summed E-state index contributed by atoms with van der Waals surface area (Å²) in [7, 11) is 0. The van der Waals surface area contributed by atoms with Crippen molar-refractivity contribution in [2.45, 2.75) is 26.8 Å². The van der Waals surface area contributed by atoms with Gasteiger partial charge in [0, 0.05) is 36.8 Å². The van der Waals surface area contributed by atoms with Crippen molar-refractivity contribution in [3.8, 4) is 0 Å². The number of rotatable bonds is 10. The summed E-state index contributed by atoms with van der Waals surface area (Å²) in [5.74, 6) is 0. The standard InChI is InChI=1S/C16H27BrN2O2/c1-4-20-10-8-19(9-11-21-5-2)16-7-6-14(13(3)18)12-15(16)17/h6-7,12-13H,4-5,8-11,18H2,1-3H3/t13-/m0/s1. The second kappa shape index (κ2) is 10.2. The van der Waals surface area contributed by atoms with E-state index in [4.69, 9.17) is 15.2 Å². The van der Waals surface area contributed by atoms with Crippen LogP contribution in [0.4, 0.5) is 5.69 Å². The Balaban J connectivity index is 2.79. The van der Waals surface area contributed by atoms with Crippen molar-refractivity contribution < 1.29 is 9.47 Å². The molecule has 1 atom stereocenters. The molecule has 0 saturated heterocycles. The van der Waals surface area contributed by atoms with Crippen molar-refractivity contribution in [3.63, 3.8) is 0 Å². The summed E-state index contributed by atoms with van der Waals surface area (Å²) in [5.41, 5.74) is 8.21. The third-order valence-electron chi connectivity index (χ3n) is 3.26. The van der Waals surface area contributed by atoms with E-state index in [1.807, 2.05) is 20.8 Å². The molecule has 0 aliphatic heterocycles. The van der Waals surface area contributed by atoms with Crippen LogP contribution in [0.5, 0.6) is 0 Å². The molecule has 1 aromatic rings. The Bertz CT molecular complexity index is 403. The van der Waals surface area contributed by atoms with Gasteiger partial charge in [0.25, 0.3) is 0 Å². The van der Waals surface area contributed by atoms with Gasteiger partial charge in [-0.2, -0.15) is 0 Å². The molecular formula is C16H27BrN2O2. The van der Waals surface area contributed by atoms with Crippen LogP contribution >= 0.6 is 15.9 Å². The van der Waals surface area contributed by atoms with Gasteiger partial charge in [0.2, 0.25) is 0 Å². The topological polar surface area (TPSA) is 47.7 Å². The molecule has 0 radical (unpaired) electrons. The number of nitrogens with zero attached hydrogens (tertiary/aromatic N) is 1. The van der Waals surface area contributed by atoms with Crippen LogP contribution in [-0.4, -0.2) is 39.5 Å². The van der Waals surface area contributed by atoms with Crippen molar-refractivity contribution in [3.05, 3.63) is 28.2 Å². The minimum Gasteiger partial charge on any atom is -0.380 e. The molecule has 0 bridgehead atoms. The number of anilines is 1. The van der Waals surface area contributed by atoms with E-state index in [0.717, 1.165) is 42.0 Å². The Morgan fingerprint density at radius 2 is 1.71 bits per heavy atom. The first-order valence-electron chi connectivity index (χ1n) is 7.55. The summed E-state index contributed by atoms with van der Waals surface area (Å²) in [6.45, 7) is 10.6. The molecule has 2 N–H and O–H groups in total. The fourth-order valence-electron chi connectivity index (χ4n) is 2.05. The fourth-order valence-corrected chi connectivity index (χ4v) is 2.70. The van der Waals surface area contributed by atoms with Gasteiger partial charge in [0.1, 0.15) is 0 Å². The maximum Gasteiger partial charge on any atom is 0.0641 e. The molecule has 0 spiro atoms. The third kappa shape index (κ3) is 6.34. The van der Waals surface area contributed by atoms with E-state index in [2.05, 4.69) is 39.0 Å². The van der Waals surface area contributed by atoms with Crippen LogP contribution in [0, 0.1) is 0 Å². The largest absolute Gasteiger partial charge is 0.380 e. The zero-order valence-electron chi connectivity index (χ0n) is 13.3. The fraction of sp³-hybridized carbons (Fsp3) is 0.625. The van der Waals surface area contributed by atoms with Gasteiger partial charge in [-0.25, -0.2) is 0 Å². The van der Waals surface area contributed by atoms with Crippen LogP contribution in [0.1, 0.15) is 32.4 Å². The Kier molecular flexibility index (Phi) is 8.92. The SMILES string of the molecule is CCOCCN(CCOCC)c1ccc([C@H](C)N)cc1Br. The molecule has 21 heavy (non-hydrogen) atoms. The van der Waals surface area contributed by atoms with Crippen LogP contribution in [0.15, 0.2) is 22.7 Å². The molecule has 5 heteroatoms. The number of hydrogen-bond acceptors (Lipinski definition) is 4. The van der Waals surface area contributed by atoms with E-state index in [1.165, 1.54) is 0 Å². The second-order valence-corrected chi connectivity index (χ2v) is 5.73. The molecule has 1 rings (SSSR count). The maximum atomic E-state index is 5.93. The van der Waals surface area contributed by atoms with E-state index in [9.17, 15) is 0 Å². The zero-order valence-corrected chi connectivity index (χ0v) is 14.9. The van der Waals surface area contributed by atoms with Gasteiger partial charge < -0.3 is 20.1 Å². The van der Waals surface area contributed by atoms with Crippen LogP contribution in [0.3, 0.4) is 0 Å². The highest BCUT2D eigenvalue weighted by Gasteiger charge is 2.12. The molecule has 0 amide bonds. The van der Waals surface area contributed by atoms with Gasteiger partial charge in [0.15, 0.2) is 0 Å². The third-order valence-corrected chi connectivity index (χ3v) is 3.89. The Hall–Kier alpha value is -0.620. The van der Waals surface area contributed by atoms with E-state index in [1.54, 1.807) is 0 Å². The van der Waals surface area contributed by atoms with Gasteiger partial charge in [-0.15, -0.1) is 0 Å². The minimum atomic E-state index is 0.0376. The van der Waals surface area contributed by atoms with Crippen molar-refractivity contribution in [1.82, 2.24) is 0 Å². The first-order chi connectivity index (χ1) is 10.1. The van der Waals surface area contributed by atoms with E-state index in [-0.39, 0.29) is 6.04 Å². The molecule has 1 aromatic carbocycles. The monoisotopic (exact) mass is 358 g/mol. The second-order valence-electron chi connectivity index (χ2n) is 4.88. The number of nitrogens with two attached hydrogens (primary N) is 1. The highest BCUT2D eigenvalue weighted by Crippen LogP contribution is 2.29. The molecule has 4 nitrogen and oxygen atoms in total. The molecule has 0 unspecified atom stereocenters. The van der Waals surface area contributed by atoms with Gasteiger partial charge in [-0.3, -0.25) is 0 Å². The molecule has 0 saturated carbocycles. The normalized spacial score (nSPS) is 12.4. The van der Waals surface area contributed by atoms with Crippen molar-refractivity contribution in [2.75, 3.05) is 44.4 Å². The van der Waals surface area contributed by atoms with Crippen molar-refractivity contribution in [2.24, 2.45) is 5.73 Å². The van der Waals surface area contributed by atoms with Crippen LogP contribution in [0.25, 0.3) is 0 Å². The highest BCUT2D eigenvalue weighted by molar-refractivity contribution is 9.10. The maximum absolute atomic E-state index is 5.93. The van der Waals surface area contributed by atoms with Gasteiger partial charge in [-0.1, -0.05) is 6.07 Å². The number of hydrogen-bond donors (Lipinski definition) is 1. The number of benzene rings is 1. The lowest BCUT2D eigenvalue weighted by atomic mass is 10.1. The first-order valence-corrected chi connectivity index (χ1v) is 8.34. The van der Waals surface area contributed by atoms with E-state index < -0.39 is 0 Å². The molecular weight excluding hydrogens is 332 g/mol. The molecule has 120 valence electrons. The first kappa shape index (κ1) is 18.4. The molecule has 0 fully saturated rings. The highest BCUT2D eigenvalue weighted by atomic mass is 79.9. The van der Waals surface area contributed by atoms with Crippen LogP contribution < -0.4 is 10.6 Å². The molecule has 0 aliphatic carbocycles. The summed E-state index contributed by atoms with van der Waals surface area (Å²) >= 11 is 3.66. The number of ether oxygens (including phenoxy) is 2. The van der Waals surface area contributed by atoms with Gasteiger partial charge >= 0.3 is 0 Å². The van der Waals surface area contributed by atoms with Crippen molar-refractivity contribution >= 4 is 21.6 Å². The molecule has 0 heterocycles. The summed E-state index contributed by atoms with van der Waals surface area (Å²) in [6.07, 6.45) is 0. The predicted octanol–water partition coefficient (Wildman–Crippen LogP) is 3.35. The summed E-state index contributed by atoms with van der Waals surface area (Å²) in [6, 6.07) is 6.32. The smallest absolute Gasteiger partial charge is 0.0641 e. The minimum absolute atomic E-state index is 0.0376. The Labute approximate surface area is 136 Å². The quantitative estimate of drug-likeness (QED) is 0.651. The lowest BCUT2D eigenvalue weighted by Gasteiger charge is -2.26. The Morgan fingerprint density at radius 3 is 2.14 bits per heavy atom. The average molecular weight is 359 g/mol. The lowest BCUT2D eigenvalue weighted by Crippen LogP contribution is -2.31. The molecule has 0 aliphatic rings. The predicted molar refractivity (Wildman–Crippen MR) is 91.9 cm³/mol. The zero-order chi connectivity index (χ0) is 15.7. The molecule has 0 aromatic heterocycles. The summed E-state index contributed by atoms with van der Waals surface area (Å²) in [4.78, 5) is 2.28. The van der Waals surface area contributed by atoms with Crippen LogP contribution in [0.2, 0.25) is 0 Å². The number of halogens is 1. The van der Waals surface area contributed by atoms with Gasteiger partial charge in [-0.05, 0) is 54.4 Å². The summed E-state index contributed by atoms with van der Waals surface area (Å²) < 4.78 is 12.0. The van der Waals surface area contributed by atoms with Crippen molar-refractivity contribution in [1.29, 1.82) is 0 Å².